The highest BCUT2D eigenvalue weighted by atomic mass is 16.6. The summed E-state index contributed by atoms with van der Waals surface area (Å²) in [7, 11) is 0. The Labute approximate surface area is 177 Å². The first-order valence-electron chi connectivity index (χ1n) is 11.4. The van der Waals surface area contributed by atoms with Crippen LogP contribution in [0.3, 0.4) is 0 Å². The monoisotopic (exact) mass is 404 g/mol. The van der Waals surface area contributed by atoms with Crippen molar-refractivity contribution in [2.45, 2.75) is 98.5 Å². The molecule has 1 aromatic carbocycles. The normalized spacial score (nSPS) is 11.3. The van der Waals surface area contributed by atoms with Crippen LogP contribution in [0.1, 0.15) is 96.1 Å². The van der Waals surface area contributed by atoms with E-state index in [1.165, 1.54) is 38.5 Å². The molecule has 0 spiro atoms. The highest BCUT2D eigenvalue weighted by Gasteiger charge is 2.45. The smallest absolute Gasteiger partial charge is 0.323 e. The minimum Gasteiger partial charge on any atom is -0.465 e. The molecule has 0 aromatic heterocycles. The zero-order chi connectivity index (χ0) is 21.5. The molecular weight excluding hydrogens is 364 g/mol. The molecular formula is C25H40O4. The minimum atomic E-state index is -1.20. The van der Waals surface area contributed by atoms with E-state index in [0.29, 0.717) is 19.4 Å². The van der Waals surface area contributed by atoms with Crippen molar-refractivity contribution >= 4 is 11.9 Å². The van der Waals surface area contributed by atoms with Crippen molar-refractivity contribution in [1.29, 1.82) is 0 Å². The Hall–Kier alpha value is -1.84. The lowest BCUT2D eigenvalue weighted by atomic mass is 9.82. The number of rotatable bonds is 15. The van der Waals surface area contributed by atoms with Gasteiger partial charge in [0.15, 0.2) is 5.41 Å². The summed E-state index contributed by atoms with van der Waals surface area (Å²) in [5, 5.41) is 0. The number of aryl methyl sites for hydroxylation is 1. The molecule has 164 valence electrons. The highest BCUT2D eigenvalue weighted by Crippen LogP contribution is 2.30. The molecule has 0 unspecified atom stereocenters. The van der Waals surface area contributed by atoms with E-state index in [-0.39, 0.29) is 6.61 Å². The molecule has 4 nitrogen and oxygen atoms in total. The van der Waals surface area contributed by atoms with Crippen LogP contribution in [-0.2, 0) is 25.7 Å². The van der Waals surface area contributed by atoms with Crippen LogP contribution in [0.2, 0.25) is 0 Å². The topological polar surface area (TPSA) is 52.6 Å². The summed E-state index contributed by atoms with van der Waals surface area (Å²) in [5.41, 5.74) is 0.830. The van der Waals surface area contributed by atoms with Crippen LogP contribution in [0.5, 0.6) is 0 Å². The van der Waals surface area contributed by atoms with Gasteiger partial charge in [-0.05, 0) is 31.7 Å². The molecule has 4 heteroatoms. The third-order valence-electron chi connectivity index (χ3n) is 5.67. The van der Waals surface area contributed by atoms with Gasteiger partial charge in [0, 0.05) is 0 Å². The van der Waals surface area contributed by atoms with Gasteiger partial charge in [-0.2, -0.15) is 0 Å². The average molecular weight is 405 g/mol. The van der Waals surface area contributed by atoms with Crippen molar-refractivity contribution in [2.75, 3.05) is 6.61 Å². The maximum atomic E-state index is 12.8. The largest absolute Gasteiger partial charge is 0.465 e. The molecule has 1 rings (SSSR count). The standard InChI is InChI=1S/C25H40O4/c1-5-8-9-10-11-12-13-14-18-28-23(26)25(6-2,7-3)24(27)29-20-22-17-15-16-21(4)19-22/h15-17,19H,5-14,18,20H2,1-4H3. The average Bonchev–Trinajstić information content (AvgIpc) is 2.72. The Balaban J connectivity index is 2.43. The predicted octanol–water partition coefficient (Wildman–Crippen LogP) is 6.53. The van der Waals surface area contributed by atoms with Crippen molar-refractivity contribution in [2.24, 2.45) is 5.41 Å². The van der Waals surface area contributed by atoms with Crippen molar-refractivity contribution in [3.05, 3.63) is 35.4 Å². The predicted molar refractivity (Wildman–Crippen MR) is 118 cm³/mol. The van der Waals surface area contributed by atoms with Gasteiger partial charge >= 0.3 is 11.9 Å². The summed E-state index contributed by atoms with van der Waals surface area (Å²) in [5.74, 6) is -0.926. The molecule has 0 atom stereocenters. The minimum absolute atomic E-state index is 0.174. The van der Waals surface area contributed by atoms with Crippen LogP contribution in [-0.4, -0.2) is 18.5 Å². The first-order valence-corrected chi connectivity index (χ1v) is 11.4. The van der Waals surface area contributed by atoms with Crippen molar-refractivity contribution < 1.29 is 19.1 Å². The number of carbonyl (C=O) groups is 2. The summed E-state index contributed by atoms with van der Waals surface area (Å²) in [4.78, 5) is 25.5. The van der Waals surface area contributed by atoms with Gasteiger partial charge in [0.25, 0.3) is 0 Å². The Bertz CT molecular complexity index is 605. The molecule has 0 saturated heterocycles. The lowest BCUT2D eigenvalue weighted by molar-refractivity contribution is -0.174. The third-order valence-corrected chi connectivity index (χ3v) is 5.67. The van der Waals surface area contributed by atoms with E-state index in [0.717, 1.165) is 24.0 Å². The van der Waals surface area contributed by atoms with Gasteiger partial charge in [0.2, 0.25) is 0 Å². The van der Waals surface area contributed by atoms with E-state index >= 15 is 0 Å². The molecule has 0 aliphatic heterocycles. The maximum Gasteiger partial charge on any atom is 0.323 e. The molecule has 1 aromatic rings. The fourth-order valence-electron chi connectivity index (χ4n) is 3.54. The van der Waals surface area contributed by atoms with E-state index < -0.39 is 17.4 Å². The third kappa shape index (κ3) is 8.59. The van der Waals surface area contributed by atoms with Gasteiger partial charge in [-0.15, -0.1) is 0 Å². The number of benzene rings is 1. The molecule has 0 amide bonds. The Morgan fingerprint density at radius 3 is 2.00 bits per heavy atom. The van der Waals surface area contributed by atoms with Crippen LogP contribution < -0.4 is 0 Å². The van der Waals surface area contributed by atoms with E-state index in [1.54, 1.807) is 0 Å². The summed E-state index contributed by atoms with van der Waals surface area (Å²) < 4.78 is 11.0. The van der Waals surface area contributed by atoms with Crippen LogP contribution in [0.25, 0.3) is 0 Å². The van der Waals surface area contributed by atoms with E-state index in [1.807, 2.05) is 45.0 Å². The molecule has 0 radical (unpaired) electrons. The van der Waals surface area contributed by atoms with Gasteiger partial charge in [-0.25, -0.2) is 0 Å². The van der Waals surface area contributed by atoms with Crippen LogP contribution in [0.4, 0.5) is 0 Å². The van der Waals surface area contributed by atoms with Gasteiger partial charge in [0.1, 0.15) is 6.61 Å². The molecule has 0 saturated carbocycles. The van der Waals surface area contributed by atoms with Crippen LogP contribution >= 0.6 is 0 Å². The zero-order valence-electron chi connectivity index (χ0n) is 18.9. The molecule has 0 aliphatic carbocycles. The SMILES string of the molecule is CCCCCCCCCCOC(=O)C(CC)(CC)C(=O)OCc1cccc(C)c1. The fourth-order valence-corrected chi connectivity index (χ4v) is 3.54. The second-order valence-corrected chi connectivity index (χ2v) is 7.97. The number of hydrogen-bond donors (Lipinski definition) is 0. The van der Waals surface area contributed by atoms with Crippen LogP contribution in [0, 0.1) is 12.3 Å². The van der Waals surface area contributed by atoms with E-state index in [2.05, 4.69) is 6.92 Å². The van der Waals surface area contributed by atoms with Gasteiger partial charge < -0.3 is 9.47 Å². The number of ether oxygens (including phenoxy) is 2. The summed E-state index contributed by atoms with van der Waals surface area (Å²) >= 11 is 0. The number of carbonyl (C=O) groups excluding carboxylic acids is 2. The highest BCUT2D eigenvalue weighted by molar-refractivity contribution is 5.99. The van der Waals surface area contributed by atoms with Crippen molar-refractivity contribution in [3.8, 4) is 0 Å². The number of esters is 2. The Morgan fingerprint density at radius 1 is 0.828 bits per heavy atom. The summed E-state index contributed by atoms with van der Waals surface area (Å²) in [6.45, 7) is 8.45. The number of hydrogen-bond acceptors (Lipinski definition) is 4. The Morgan fingerprint density at radius 2 is 1.41 bits per heavy atom. The van der Waals surface area contributed by atoms with Crippen molar-refractivity contribution in [3.63, 3.8) is 0 Å². The Kier molecular flexibility index (Phi) is 12.3. The zero-order valence-corrected chi connectivity index (χ0v) is 18.9. The first-order chi connectivity index (χ1) is 14.0. The molecule has 29 heavy (non-hydrogen) atoms. The molecule has 0 N–H and O–H groups in total. The van der Waals surface area contributed by atoms with E-state index in [4.69, 9.17) is 9.47 Å². The second kappa shape index (κ2) is 14.2. The number of unbranched alkanes of at least 4 members (excludes halogenated alkanes) is 7. The fraction of sp³-hybridized carbons (Fsp3) is 0.680. The van der Waals surface area contributed by atoms with Crippen LogP contribution in [0.15, 0.2) is 24.3 Å². The first kappa shape index (κ1) is 25.2. The lowest BCUT2D eigenvalue weighted by Gasteiger charge is -2.27. The molecule has 0 fully saturated rings. The van der Waals surface area contributed by atoms with Gasteiger partial charge in [0.05, 0.1) is 6.61 Å². The summed E-state index contributed by atoms with van der Waals surface area (Å²) in [6.07, 6.45) is 10.3. The molecule has 0 heterocycles. The summed E-state index contributed by atoms with van der Waals surface area (Å²) in [6, 6.07) is 7.83. The molecule has 0 aliphatic rings. The second-order valence-electron chi connectivity index (χ2n) is 7.97. The molecule has 0 bridgehead atoms. The van der Waals surface area contributed by atoms with Crippen molar-refractivity contribution in [1.82, 2.24) is 0 Å². The quantitative estimate of drug-likeness (QED) is 0.189. The maximum absolute atomic E-state index is 12.8. The van der Waals surface area contributed by atoms with Gasteiger partial charge in [-0.1, -0.05) is 95.5 Å². The van der Waals surface area contributed by atoms with E-state index in [9.17, 15) is 9.59 Å². The van der Waals surface area contributed by atoms with Gasteiger partial charge in [-0.3, -0.25) is 9.59 Å². The lowest BCUT2D eigenvalue weighted by Crippen LogP contribution is -2.41.